The minimum absolute atomic E-state index is 0.0170. The van der Waals surface area contributed by atoms with Crippen molar-refractivity contribution >= 4 is 16.6 Å². The summed E-state index contributed by atoms with van der Waals surface area (Å²) >= 11 is 0. The average molecular weight is 335 g/mol. The molecule has 0 aliphatic carbocycles. The van der Waals surface area contributed by atoms with Crippen LogP contribution < -0.4 is 10.6 Å². The summed E-state index contributed by atoms with van der Waals surface area (Å²) in [5, 5.41) is 27.9. The second kappa shape index (κ2) is 6.64. The lowest BCUT2D eigenvalue weighted by molar-refractivity contribution is 0.454. The maximum atomic E-state index is 10.2. The smallest absolute Gasteiger partial charge is 0.220 e. The summed E-state index contributed by atoms with van der Waals surface area (Å²) in [5.74, 6) is 0.768. The Morgan fingerprint density at radius 3 is 2.72 bits per heavy atom. The van der Waals surface area contributed by atoms with Crippen molar-refractivity contribution in [2.24, 2.45) is 0 Å². The number of fused-ring (bicyclic) bond motifs is 1. The van der Waals surface area contributed by atoms with Gasteiger partial charge in [-0.15, -0.1) is 10.2 Å². The summed E-state index contributed by atoms with van der Waals surface area (Å²) in [7, 11) is 0. The molecular weight excluding hydrogens is 314 g/mol. The molecule has 4 rings (SSSR count). The fourth-order valence-corrected chi connectivity index (χ4v) is 3.31. The molecule has 6 nitrogen and oxygen atoms in total. The van der Waals surface area contributed by atoms with Gasteiger partial charge in [0.15, 0.2) is 5.82 Å². The second-order valence-corrected chi connectivity index (χ2v) is 6.45. The normalized spacial score (nSPS) is 17.6. The van der Waals surface area contributed by atoms with Crippen molar-refractivity contribution in [1.82, 2.24) is 20.5 Å². The predicted octanol–water partition coefficient (Wildman–Crippen LogP) is 2.87. The van der Waals surface area contributed by atoms with Gasteiger partial charge in [0.1, 0.15) is 5.69 Å². The Balaban J connectivity index is 1.78. The molecule has 3 N–H and O–H groups in total. The van der Waals surface area contributed by atoms with Crippen LogP contribution in [0.4, 0.5) is 5.82 Å². The molecule has 25 heavy (non-hydrogen) atoms. The molecule has 1 fully saturated rings. The number of anilines is 1. The van der Waals surface area contributed by atoms with Crippen LogP contribution in [0.15, 0.2) is 36.4 Å². The van der Waals surface area contributed by atoms with Crippen LogP contribution in [0.3, 0.4) is 0 Å². The molecule has 0 bridgehead atoms. The number of aryl methyl sites for hydroxylation is 1. The fraction of sp³-hybridized carbons (Fsp3) is 0.316. The largest absolute Gasteiger partial charge is 0.493 e. The van der Waals surface area contributed by atoms with Gasteiger partial charge < -0.3 is 15.7 Å². The molecule has 0 spiro atoms. The summed E-state index contributed by atoms with van der Waals surface area (Å²) < 4.78 is 0. The first-order valence-corrected chi connectivity index (χ1v) is 8.62. The topological polar surface area (TPSA) is 83.0 Å². The molecule has 2 aromatic heterocycles. The number of hydrogen-bond donors (Lipinski definition) is 3. The zero-order valence-corrected chi connectivity index (χ0v) is 14.2. The molecule has 0 saturated carbocycles. The third-order valence-corrected chi connectivity index (χ3v) is 4.59. The van der Waals surface area contributed by atoms with Gasteiger partial charge >= 0.3 is 0 Å². The van der Waals surface area contributed by atoms with E-state index in [4.69, 9.17) is 0 Å². The van der Waals surface area contributed by atoms with Crippen molar-refractivity contribution in [1.29, 1.82) is 0 Å². The third-order valence-electron chi connectivity index (χ3n) is 4.59. The van der Waals surface area contributed by atoms with Crippen molar-refractivity contribution in [2.45, 2.75) is 25.8 Å². The maximum absolute atomic E-state index is 10.2. The zero-order valence-electron chi connectivity index (χ0n) is 14.2. The van der Waals surface area contributed by atoms with E-state index in [2.05, 4.69) is 25.8 Å². The Bertz CT molecular complexity index is 905. The van der Waals surface area contributed by atoms with Crippen molar-refractivity contribution in [3.8, 4) is 17.1 Å². The van der Waals surface area contributed by atoms with Gasteiger partial charge in [0.2, 0.25) is 5.88 Å². The minimum atomic E-state index is -0.0170. The zero-order chi connectivity index (χ0) is 17.2. The monoisotopic (exact) mass is 335 g/mol. The highest BCUT2D eigenvalue weighted by Crippen LogP contribution is 2.33. The molecule has 1 atom stereocenters. The predicted molar refractivity (Wildman–Crippen MR) is 98.7 cm³/mol. The summed E-state index contributed by atoms with van der Waals surface area (Å²) in [6, 6.07) is 12.1. The molecule has 0 radical (unpaired) electrons. The van der Waals surface area contributed by atoms with Gasteiger partial charge in [-0.3, -0.25) is 0 Å². The molecule has 3 heterocycles. The van der Waals surface area contributed by atoms with Gasteiger partial charge in [0, 0.05) is 29.1 Å². The van der Waals surface area contributed by atoms with Gasteiger partial charge in [-0.05, 0) is 38.4 Å². The van der Waals surface area contributed by atoms with E-state index < -0.39 is 0 Å². The van der Waals surface area contributed by atoms with E-state index in [0.717, 1.165) is 48.2 Å². The van der Waals surface area contributed by atoms with E-state index >= 15 is 0 Å². The lowest BCUT2D eigenvalue weighted by Crippen LogP contribution is -2.38. The Morgan fingerprint density at radius 2 is 1.96 bits per heavy atom. The first kappa shape index (κ1) is 15.8. The van der Waals surface area contributed by atoms with Crippen LogP contribution in [-0.4, -0.2) is 39.4 Å². The molecule has 1 aliphatic rings. The van der Waals surface area contributed by atoms with Gasteiger partial charge in [0.25, 0.3) is 0 Å². The number of nitrogens with zero attached hydrogens (tertiary/aromatic N) is 3. The van der Waals surface area contributed by atoms with Crippen LogP contribution in [-0.2, 0) is 0 Å². The Hall–Kier alpha value is -2.73. The van der Waals surface area contributed by atoms with E-state index in [1.54, 1.807) is 0 Å². The van der Waals surface area contributed by atoms with Gasteiger partial charge in [0.05, 0.1) is 5.56 Å². The van der Waals surface area contributed by atoms with Gasteiger partial charge in [-0.1, -0.05) is 24.3 Å². The molecule has 128 valence electrons. The first-order valence-electron chi connectivity index (χ1n) is 8.62. The highest BCUT2D eigenvalue weighted by Gasteiger charge is 2.18. The first-order chi connectivity index (χ1) is 12.2. The SMILES string of the molecule is Cc1ccc(-c2nnc(N[C@@H]3CCCNC3)c3ccccc23)c(O)n1. The lowest BCUT2D eigenvalue weighted by atomic mass is 10.0. The van der Waals surface area contributed by atoms with E-state index in [-0.39, 0.29) is 5.88 Å². The fourth-order valence-electron chi connectivity index (χ4n) is 3.31. The van der Waals surface area contributed by atoms with Crippen LogP contribution >= 0.6 is 0 Å². The highest BCUT2D eigenvalue weighted by molar-refractivity contribution is 6.00. The molecule has 1 aliphatic heterocycles. The Kier molecular flexibility index (Phi) is 4.19. The summed E-state index contributed by atoms with van der Waals surface area (Å²) in [5.41, 5.74) is 2.01. The van der Waals surface area contributed by atoms with Crippen LogP contribution in [0.1, 0.15) is 18.5 Å². The van der Waals surface area contributed by atoms with Crippen LogP contribution in [0, 0.1) is 6.92 Å². The number of piperidine rings is 1. The van der Waals surface area contributed by atoms with E-state index in [0.29, 0.717) is 17.3 Å². The standard InChI is InChI=1S/C19H21N5O/c1-12-8-9-16(19(25)21-12)17-14-6-2-3-7-15(14)18(24-23-17)22-13-5-4-10-20-11-13/h2-3,6-9,13,20H,4-5,10-11H2,1H3,(H,21,25)(H,22,24)/t13-/m1/s1. The van der Waals surface area contributed by atoms with E-state index in [1.165, 1.54) is 0 Å². The highest BCUT2D eigenvalue weighted by atomic mass is 16.3. The molecule has 6 heteroatoms. The molecule has 1 aromatic carbocycles. The van der Waals surface area contributed by atoms with Gasteiger partial charge in [-0.25, -0.2) is 4.98 Å². The second-order valence-electron chi connectivity index (χ2n) is 6.45. The summed E-state index contributed by atoms with van der Waals surface area (Å²) in [6.07, 6.45) is 2.28. The number of rotatable bonds is 3. The maximum Gasteiger partial charge on any atom is 0.220 e. The molecule has 0 amide bonds. The number of nitrogens with one attached hydrogen (secondary N) is 2. The molecular formula is C19H21N5O. The van der Waals surface area contributed by atoms with Crippen LogP contribution in [0.5, 0.6) is 5.88 Å². The summed E-state index contributed by atoms with van der Waals surface area (Å²) in [4.78, 5) is 4.14. The number of benzene rings is 1. The third kappa shape index (κ3) is 3.13. The van der Waals surface area contributed by atoms with Crippen LogP contribution in [0.25, 0.3) is 22.0 Å². The van der Waals surface area contributed by atoms with Crippen molar-refractivity contribution < 1.29 is 5.11 Å². The molecule has 3 aromatic rings. The minimum Gasteiger partial charge on any atom is -0.493 e. The van der Waals surface area contributed by atoms with E-state index in [1.807, 2.05) is 43.3 Å². The lowest BCUT2D eigenvalue weighted by Gasteiger charge is -2.24. The van der Waals surface area contributed by atoms with Crippen molar-refractivity contribution in [3.63, 3.8) is 0 Å². The van der Waals surface area contributed by atoms with Crippen LogP contribution in [0.2, 0.25) is 0 Å². The number of pyridine rings is 1. The number of hydrogen-bond acceptors (Lipinski definition) is 6. The average Bonchev–Trinajstić information content (AvgIpc) is 2.64. The Morgan fingerprint density at radius 1 is 1.12 bits per heavy atom. The molecule has 1 saturated heterocycles. The molecule has 0 unspecified atom stereocenters. The van der Waals surface area contributed by atoms with Crippen molar-refractivity contribution in [3.05, 3.63) is 42.1 Å². The van der Waals surface area contributed by atoms with E-state index in [9.17, 15) is 5.11 Å². The Labute approximate surface area is 146 Å². The quantitative estimate of drug-likeness (QED) is 0.683. The summed E-state index contributed by atoms with van der Waals surface area (Å²) in [6.45, 7) is 3.85. The number of aromatic hydroxyl groups is 1. The van der Waals surface area contributed by atoms with Gasteiger partial charge in [-0.2, -0.15) is 0 Å². The number of aromatic nitrogens is 3. The van der Waals surface area contributed by atoms with Crippen molar-refractivity contribution in [2.75, 3.05) is 18.4 Å².